The minimum atomic E-state index is -0.706. The van der Waals surface area contributed by atoms with E-state index in [1.807, 2.05) is 6.92 Å². The van der Waals surface area contributed by atoms with Crippen molar-refractivity contribution in [1.82, 2.24) is 15.5 Å². The van der Waals surface area contributed by atoms with E-state index in [1.54, 1.807) is 0 Å². The Kier molecular flexibility index (Phi) is 5.16. The summed E-state index contributed by atoms with van der Waals surface area (Å²) in [5.74, 6) is -1.71. The van der Waals surface area contributed by atoms with E-state index in [1.165, 1.54) is 31.4 Å². The number of hydrogen-bond acceptors (Lipinski definition) is 5. The second kappa shape index (κ2) is 7.53. The lowest BCUT2D eigenvalue weighted by atomic mass is 9.99. The SMILES string of the molecule is CCCNC(=O)c1nnc2c(-c3c(F)cccc3OC)c(F)ccc2c1N. The van der Waals surface area contributed by atoms with Gasteiger partial charge in [0.1, 0.15) is 22.9 Å². The normalized spacial score (nSPS) is 10.8. The number of nitrogens with zero attached hydrogens (tertiary/aromatic N) is 2. The topological polar surface area (TPSA) is 90.1 Å². The van der Waals surface area contributed by atoms with Crippen molar-refractivity contribution >= 4 is 22.5 Å². The maximum atomic E-state index is 14.6. The minimum absolute atomic E-state index is 0.0444. The molecule has 3 aromatic rings. The molecule has 8 heteroatoms. The third-order valence-corrected chi connectivity index (χ3v) is 4.12. The summed E-state index contributed by atoms with van der Waals surface area (Å²) in [7, 11) is 1.36. The average Bonchev–Trinajstić information content (AvgIpc) is 2.66. The van der Waals surface area contributed by atoms with Gasteiger partial charge in [-0.1, -0.05) is 13.0 Å². The number of amides is 1. The Hall–Kier alpha value is -3.29. The Labute approximate surface area is 154 Å². The van der Waals surface area contributed by atoms with E-state index in [0.29, 0.717) is 11.9 Å². The Balaban J connectivity index is 2.26. The predicted molar refractivity (Wildman–Crippen MR) is 98.5 cm³/mol. The Morgan fingerprint density at radius 1 is 1.15 bits per heavy atom. The van der Waals surface area contributed by atoms with Crippen molar-refractivity contribution in [2.24, 2.45) is 0 Å². The van der Waals surface area contributed by atoms with Crippen LogP contribution < -0.4 is 15.8 Å². The minimum Gasteiger partial charge on any atom is -0.496 e. The number of nitrogens with two attached hydrogens (primary N) is 1. The molecule has 0 radical (unpaired) electrons. The van der Waals surface area contributed by atoms with Crippen LogP contribution in [-0.2, 0) is 0 Å². The molecular weight excluding hydrogens is 354 g/mol. The lowest BCUT2D eigenvalue weighted by Crippen LogP contribution is -2.26. The van der Waals surface area contributed by atoms with Gasteiger partial charge in [-0.05, 0) is 30.7 Å². The van der Waals surface area contributed by atoms with E-state index in [0.717, 1.165) is 12.5 Å². The fourth-order valence-corrected chi connectivity index (χ4v) is 2.81. The van der Waals surface area contributed by atoms with Crippen molar-refractivity contribution in [2.45, 2.75) is 13.3 Å². The van der Waals surface area contributed by atoms with Crippen molar-refractivity contribution in [3.63, 3.8) is 0 Å². The van der Waals surface area contributed by atoms with Gasteiger partial charge in [-0.2, -0.15) is 0 Å². The number of aromatic nitrogens is 2. The van der Waals surface area contributed by atoms with E-state index in [2.05, 4.69) is 15.5 Å². The Morgan fingerprint density at radius 3 is 2.59 bits per heavy atom. The van der Waals surface area contributed by atoms with Crippen LogP contribution in [0.1, 0.15) is 23.8 Å². The van der Waals surface area contributed by atoms with E-state index >= 15 is 0 Å². The molecule has 0 aliphatic heterocycles. The third-order valence-electron chi connectivity index (χ3n) is 4.12. The zero-order chi connectivity index (χ0) is 19.6. The molecule has 0 atom stereocenters. The number of benzene rings is 2. The maximum Gasteiger partial charge on any atom is 0.273 e. The lowest BCUT2D eigenvalue weighted by molar-refractivity contribution is 0.0949. The quantitative estimate of drug-likeness (QED) is 0.717. The summed E-state index contributed by atoms with van der Waals surface area (Å²) >= 11 is 0. The number of anilines is 1. The van der Waals surface area contributed by atoms with E-state index in [9.17, 15) is 13.6 Å². The highest BCUT2D eigenvalue weighted by Gasteiger charge is 2.23. The van der Waals surface area contributed by atoms with Crippen LogP contribution in [0.5, 0.6) is 5.75 Å². The number of rotatable bonds is 5. The molecule has 0 fully saturated rings. The van der Waals surface area contributed by atoms with Gasteiger partial charge in [0.15, 0.2) is 5.69 Å². The Morgan fingerprint density at radius 2 is 1.89 bits per heavy atom. The molecular formula is C19H18F2N4O2. The van der Waals surface area contributed by atoms with Crippen LogP contribution in [-0.4, -0.2) is 29.8 Å². The van der Waals surface area contributed by atoms with Crippen LogP contribution in [0.2, 0.25) is 0 Å². The van der Waals surface area contributed by atoms with Crippen molar-refractivity contribution in [2.75, 3.05) is 19.4 Å². The van der Waals surface area contributed by atoms with Gasteiger partial charge < -0.3 is 15.8 Å². The zero-order valence-corrected chi connectivity index (χ0v) is 14.8. The summed E-state index contributed by atoms with van der Waals surface area (Å²) in [6.45, 7) is 2.37. The number of hydrogen-bond donors (Lipinski definition) is 2. The fourth-order valence-electron chi connectivity index (χ4n) is 2.81. The van der Waals surface area contributed by atoms with Crippen LogP contribution in [0, 0.1) is 11.6 Å². The number of halogens is 2. The van der Waals surface area contributed by atoms with Gasteiger partial charge in [-0.15, -0.1) is 10.2 Å². The average molecular weight is 372 g/mol. The number of ether oxygens (including phenoxy) is 1. The number of nitrogen functional groups attached to an aromatic ring is 1. The first kappa shape index (κ1) is 18.5. The second-order valence-electron chi connectivity index (χ2n) is 5.85. The Bertz CT molecular complexity index is 1020. The van der Waals surface area contributed by atoms with Crippen LogP contribution in [0.3, 0.4) is 0 Å². The first-order chi connectivity index (χ1) is 13.0. The molecule has 1 amide bonds. The standard InChI is InChI=1S/C19H18F2N4O2/c1-3-9-23-19(26)18-16(22)10-7-8-12(21)15(17(10)24-25-18)14-11(20)5-4-6-13(14)27-2/h4-8H,3,9H2,1-2H3,(H2,22,24)(H,23,26). The van der Waals surface area contributed by atoms with Gasteiger partial charge in [0, 0.05) is 11.9 Å². The first-order valence-electron chi connectivity index (χ1n) is 8.35. The number of methoxy groups -OCH3 is 1. The summed E-state index contributed by atoms with van der Waals surface area (Å²) in [6, 6.07) is 6.70. The smallest absolute Gasteiger partial charge is 0.273 e. The van der Waals surface area contributed by atoms with Gasteiger partial charge in [-0.25, -0.2) is 8.78 Å². The molecule has 6 nitrogen and oxygen atoms in total. The largest absolute Gasteiger partial charge is 0.496 e. The molecule has 3 rings (SSSR count). The van der Waals surface area contributed by atoms with Gasteiger partial charge in [0.2, 0.25) is 0 Å². The third kappa shape index (κ3) is 3.25. The van der Waals surface area contributed by atoms with Crippen LogP contribution in [0.15, 0.2) is 30.3 Å². The van der Waals surface area contributed by atoms with Crippen LogP contribution in [0.4, 0.5) is 14.5 Å². The van der Waals surface area contributed by atoms with Crippen molar-refractivity contribution in [1.29, 1.82) is 0 Å². The van der Waals surface area contributed by atoms with Crippen LogP contribution >= 0.6 is 0 Å². The van der Waals surface area contributed by atoms with E-state index < -0.39 is 17.5 Å². The molecule has 2 aromatic carbocycles. The molecule has 0 bridgehead atoms. The monoisotopic (exact) mass is 372 g/mol. The number of carbonyl (C=O) groups excluding carboxylic acids is 1. The highest BCUT2D eigenvalue weighted by atomic mass is 19.1. The molecule has 0 saturated carbocycles. The summed E-state index contributed by atoms with van der Waals surface area (Å²) < 4.78 is 34.3. The second-order valence-corrected chi connectivity index (χ2v) is 5.85. The highest BCUT2D eigenvalue weighted by molar-refractivity contribution is 6.08. The number of nitrogens with one attached hydrogen (secondary N) is 1. The first-order valence-corrected chi connectivity index (χ1v) is 8.35. The van der Waals surface area contributed by atoms with E-state index in [-0.39, 0.29) is 33.8 Å². The molecule has 0 unspecified atom stereocenters. The van der Waals surface area contributed by atoms with E-state index in [4.69, 9.17) is 10.5 Å². The molecule has 1 heterocycles. The fraction of sp³-hybridized carbons (Fsp3) is 0.211. The van der Waals surface area contributed by atoms with Gasteiger partial charge in [0.25, 0.3) is 5.91 Å². The van der Waals surface area contributed by atoms with Crippen molar-refractivity contribution in [3.05, 3.63) is 47.7 Å². The number of carbonyl (C=O) groups is 1. The van der Waals surface area contributed by atoms with Gasteiger partial charge >= 0.3 is 0 Å². The molecule has 0 saturated heterocycles. The summed E-state index contributed by atoms with van der Waals surface area (Å²) in [6.07, 6.45) is 0.745. The molecule has 0 aliphatic carbocycles. The van der Waals surface area contributed by atoms with Crippen molar-refractivity contribution in [3.8, 4) is 16.9 Å². The molecule has 3 N–H and O–H groups in total. The van der Waals surface area contributed by atoms with Gasteiger partial charge in [-0.3, -0.25) is 4.79 Å². The molecule has 0 aliphatic rings. The van der Waals surface area contributed by atoms with Crippen molar-refractivity contribution < 1.29 is 18.3 Å². The molecule has 0 spiro atoms. The summed E-state index contributed by atoms with van der Waals surface area (Å²) in [5, 5.41) is 10.8. The molecule has 27 heavy (non-hydrogen) atoms. The van der Waals surface area contributed by atoms with Crippen LogP contribution in [0.25, 0.3) is 22.0 Å². The lowest BCUT2D eigenvalue weighted by Gasteiger charge is -2.14. The maximum absolute atomic E-state index is 14.6. The van der Waals surface area contributed by atoms with Gasteiger partial charge in [0.05, 0.1) is 23.9 Å². The summed E-state index contributed by atoms with van der Waals surface area (Å²) in [5.41, 5.74) is 5.91. The predicted octanol–water partition coefficient (Wildman–Crippen LogP) is 3.31. The highest BCUT2D eigenvalue weighted by Crippen LogP contribution is 2.39. The molecule has 1 aromatic heterocycles. The molecule has 140 valence electrons. The number of fused-ring (bicyclic) bond motifs is 1. The summed E-state index contributed by atoms with van der Waals surface area (Å²) in [4.78, 5) is 12.2. The zero-order valence-electron chi connectivity index (χ0n) is 14.8.